The third-order valence-electron chi connectivity index (χ3n) is 10.1. The molecule has 1 aliphatic carbocycles. The zero-order chi connectivity index (χ0) is 34.5. The quantitative estimate of drug-likeness (QED) is 0.186. The summed E-state index contributed by atoms with van der Waals surface area (Å²) in [5.74, 6) is -1.88. The van der Waals surface area contributed by atoms with Crippen LogP contribution in [-0.2, 0) is 30.6 Å². The Bertz CT molecular complexity index is 1400. The fourth-order valence-corrected chi connectivity index (χ4v) is 8.25. The van der Waals surface area contributed by atoms with Gasteiger partial charge in [0.2, 0.25) is 11.8 Å². The minimum Gasteiger partial charge on any atom is -0.390 e. The number of carbonyl (C=O) groups is 2. The number of ether oxygens (including phenoxy) is 1. The number of carbonyl (C=O) groups excluding carboxylic acids is 2. The smallest absolute Gasteiger partial charge is 0.242 e. The Balaban J connectivity index is 1.50. The molecule has 2 aliphatic rings. The van der Waals surface area contributed by atoms with Crippen molar-refractivity contribution in [2.75, 3.05) is 44.4 Å². The van der Waals surface area contributed by atoms with E-state index in [1.807, 2.05) is 49.4 Å². The van der Waals surface area contributed by atoms with E-state index < -0.39 is 39.9 Å². The van der Waals surface area contributed by atoms with Crippen LogP contribution in [-0.4, -0.2) is 104 Å². The highest BCUT2D eigenvalue weighted by molar-refractivity contribution is 7.91. The van der Waals surface area contributed by atoms with E-state index in [1.165, 1.54) is 0 Å². The summed E-state index contributed by atoms with van der Waals surface area (Å²) in [5, 5.41) is 30.2. The fraction of sp³-hybridized carbons (Fsp3) is 0.676. The number of morpholine rings is 1. The molecule has 0 radical (unpaired) electrons. The van der Waals surface area contributed by atoms with Gasteiger partial charge in [0.15, 0.2) is 9.84 Å². The maximum Gasteiger partial charge on any atom is 0.242 e. The number of nitrogens with zero attached hydrogens (tertiary/aromatic N) is 1. The van der Waals surface area contributed by atoms with Gasteiger partial charge in [-0.05, 0) is 54.4 Å². The van der Waals surface area contributed by atoms with Gasteiger partial charge in [-0.1, -0.05) is 88.4 Å². The first-order chi connectivity index (χ1) is 23.1. The fourth-order valence-electron chi connectivity index (χ4n) is 7.13. The van der Waals surface area contributed by atoms with Crippen molar-refractivity contribution in [3.8, 4) is 0 Å². The number of aliphatic hydroxyl groups is 2. The van der Waals surface area contributed by atoms with Crippen LogP contribution < -0.4 is 10.6 Å². The lowest BCUT2D eigenvalue weighted by Gasteiger charge is -2.35. The van der Waals surface area contributed by atoms with Gasteiger partial charge < -0.3 is 25.6 Å². The van der Waals surface area contributed by atoms with E-state index in [1.54, 1.807) is 6.92 Å². The average molecular weight is 688 g/mol. The molecule has 2 aromatic carbocycles. The van der Waals surface area contributed by atoms with Crippen LogP contribution in [0.4, 0.5) is 0 Å². The van der Waals surface area contributed by atoms with E-state index in [0.717, 1.165) is 54.9 Å². The van der Waals surface area contributed by atoms with E-state index in [0.29, 0.717) is 45.7 Å². The third-order valence-corrected chi connectivity index (χ3v) is 11.9. The second-order valence-corrected chi connectivity index (χ2v) is 16.1. The second-order valence-electron chi connectivity index (χ2n) is 13.7. The highest BCUT2D eigenvalue weighted by Crippen LogP contribution is 2.29. The maximum absolute atomic E-state index is 14.0. The summed E-state index contributed by atoms with van der Waals surface area (Å²) in [7, 11) is -3.50. The van der Waals surface area contributed by atoms with Crippen LogP contribution in [0.3, 0.4) is 0 Å². The van der Waals surface area contributed by atoms with Crippen LogP contribution in [0, 0.1) is 11.8 Å². The number of benzene rings is 2. The first-order valence-corrected chi connectivity index (χ1v) is 19.9. The number of hydrogen-bond acceptors (Lipinski definition) is 8. The third kappa shape index (κ3) is 11.5. The molecule has 0 aromatic heterocycles. The van der Waals surface area contributed by atoms with Crippen molar-refractivity contribution < 1.29 is 33.0 Å². The summed E-state index contributed by atoms with van der Waals surface area (Å²) in [6, 6.07) is 12.5. The van der Waals surface area contributed by atoms with E-state index in [-0.39, 0.29) is 42.2 Å². The molecule has 4 rings (SSSR count). The number of β-amino-alcohol motifs (C(OH)–C–C–N with tert-alkyl or cyclic N) is 1. The first-order valence-electron chi connectivity index (χ1n) is 18.0. The molecule has 1 heterocycles. The molecule has 0 spiro atoms. The van der Waals surface area contributed by atoms with Crippen molar-refractivity contribution in [1.29, 1.82) is 0 Å². The van der Waals surface area contributed by atoms with Gasteiger partial charge >= 0.3 is 0 Å². The largest absolute Gasteiger partial charge is 0.390 e. The number of rotatable bonds is 18. The standard InChI is InChI=1S/C37H57N3O7S/c1-3-5-18-32(38-36(43)30(26-48(45,46)4-2)23-29-16-11-15-27-12-9-10-17-31(27)29)37(44)39-33(28-13-7-6-8-14-28)24-34(41)35(42)25-40-19-21-47-22-20-40/h9-12,15-17,28,30,32-35,41-42H,3-8,13-14,18-26H2,1-2H3,(H,38,43)(H,39,44). The molecular formula is C37H57N3O7S. The summed E-state index contributed by atoms with van der Waals surface area (Å²) in [4.78, 5) is 30.0. The lowest BCUT2D eigenvalue weighted by atomic mass is 9.81. The normalized spacial score (nSPS) is 19.7. The number of unbranched alkanes of at least 4 members (excludes halogenated alkanes) is 1. The molecule has 2 amide bonds. The molecule has 1 saturated heterocycles. The van der Waals surface area contributed by atoms with Crippen LogP contribution >= 0.6 is 0 Å². The monoisotopic (exact) mass is 687 g/mol. The molecule has 11 heteroatoms. The van der Waals surface area contributed by atoms with Crippen molar-refractivity contribution in [2.45, 2.75) is 102 Å². The number of aliphatic hydroxyl groups excluding tert-OH is 2. The highest BCUT2D eigenvalue weighted by atomic mass is 32.2. The number of sulfone groups is 1. The predicted octanol–water partition coefficient (Wildman–Crippen LogP) is 3.62. The summed E-state index contributed by atoms with van der Waals surface area (Å²) in [6.07, 6.45) is 5.46. The Hall–Kier alpha value is -2.57. The summed E-state index contributed by atoms with van der Waals surface area (Å²) in [6.45, 7) is 6.54. The van der Waals surface area contributed by atoms with Gasteiger partial charge in [0.25, 0.3) is 0 Å². The molecule has 10 nitrogen and oxygen atoms in total. The van der Waals surface area contributed by atoms with Gasteiger partial charge in [0, 0.05) is 31.4 Å². The maximum atomic E-state index is 14.0. The van der Waals surface area contributed by atoms with Gasteiger partial charge in [0.1, 0.15) is 6.04 Å². The molecule has 1 aliphatic heterocycles. The summed E-state index contributed by atoms with van der Waals surface area (Å²) >= 11 is 0. The van der Waals surface area contributed by atoms with Crippen LogP contribution in [0.5, 0.6) is 0 Å². The second kappa shape index (κ2) is 19.0. The van der Waals surface area contributed by atoms with E-state index in [9.17, 15) is 28.2 Å². The molecule has 0 bridgehead atoms. The Morgan fingerprint density at radius 1 is 0.938 bits per heavy atom. The van der Waals surface area contributed by atoms with Crippen molar-refractivity contribution in [1.82, 2.24) is 15.5 Å². The van der Waals surface area contributed by atoms with Gasteiger partial charge in [0.05, 0.1) is 37.1 Å². The van der Waals surface area contributed by atoms with Crippen molar-refractivity contribution in [3.63, 3.8) is 0 Å². The highest BCUT2D eigenvalue weighted by Gasteiger charge is 2.34. The molecular weight excluding hydrogens is 630 g/mol. The molecule has 48 heavy (non-hydrogen) atoms. The number of amides is 2. The number of hydrogen-bond donors (Lipinski definition) is 4. The lowest BCUT2D eigenvalue weighted by molar-refractivity contribution is -0.131. The molecule has 4 N–H and O–H groups in total. The lowest BCUT2D eigenvalue weighted by Crippen LogP contribution is -2.54. The van der Waals surface area contributed by atoms with Crippen LogP contribution in [0.25, 0.3) is 10.8 Å². The molecule has 5 atom stereocenters. The Morgan fingerprint density at radius 3 is 2.35 bits per heavy atom. The number of nitrogens with one attached hydrogen (secondary N) is 2. The predicted molar refractivity (Wildman–Crippen MR) is 189 cm³/mol. The topological polar surface area (TPSA) is 145 Å². The Kier molecular flexibility index (Phi) is 15.1. The molecule has 5 unspecified atom stereocenters. The van der Waals surface area contributed by atoms with Crippen LogP contribution in [0.1, 0.15) is 77.2 Å². The number of fused-ring (bicyclic) bond motifs is 1. The Morgan fingerprint density at radius 2 is 1.65 bits per heavy atom. The molecule has 1 saturated carbocycles. The molecule has 2 aromatic rings. The molecule has 268 valence electrons. The van der Waals surface area contributed by atoms with E-state index in [4.69, 9.17) is 4.74 Å². The van der Waals surface area contributed by atoms with Gasteiger partial charge in [-0.15, -0.1) is 0 Å². The summed E-state index contributed by atoms with van der Waals surface area (Å²) in [5.41, 5.74) is 0.885. The molecule has 2 fully saturated rings. The minimum absolute atomic E-state index is 0.0746. The summed E-state index contributed by atoms with van der Waals surface area (Å²) < 4.78 is 31.1. The minimum atomic E-state index is -3.50. The first kappa shape index (κ1) is 38.2. The van der Waals surface area contributed by atoms with Crippen LogP contribution in [0.2, 0.25) is 0 Å². The van der Waals surface area contributed by atoms with Crippen molar-refractivity contribution in [3.05, 3.63) is 48.0 Å². The Labute approximate surface area is 286 Å². The SMILES string of the molecule is CCCCC(NC(=O)C(Cc1cccc2ccccc12)CS(=O)(=O)CC)C(=O)NC(CC(O)C(O)CN1CCOCC1)C1CCCCC1. The van der Waals surface area contributed by atoms with Gasteiger partial charge in [-0.25, -0.2) is 8.42 Å². The van der Waals surface area contributed by atoms with Gasteiger partial charge in [-0.3, -0.25) is 14.5 Å². The van der Waals surface area contributed by atoms with E-state index >= 15 is 0 Å². The zero-order valence-electron chi connectivity index (χ0n) is 28.8. The zero-order valence-corrected chi connectivity index (χ0v) is 29.6. The van der Waals surface area contributed by atoms with Crippen molar-refractivity contribution in [2.24, 2.45) is 11.8 Å². The van der Waals surface area contributed by atoms with Crippen molar-refractivity contribution >= 4 is 32.4 Å². The van der Waals surface area contributed by atoms with Gasteiger partial charge in [-0.2, -0.15) is 0 Å². The van der Waals surface area contributed by atoms with Crippen LogP contribution in [0.15, 0.2) is 42.5 Å². The average Bonchev–Trinajstić information content (AvgIpc) is 3.10. The van der Waals surface area contributed by atoms with E-state index in [2.05, 4.69) is 15.5 Å².